The van der Waals surface area contributed by atoms with Crippen molar-refractivity contribution in [1.29, 1.82) is 0 Å². The molecule has 0 radical (unpaired) electrons. The van der Waals surface area contributed by atoms with Gasteiger partial charge in [0.1, 0.15) is 0 Å². The predicted molar refractivity (Wildman–Crippen MR) is 68.0 cm³/mol. The third kappa shape index (κ3) is 3.24. The molecule has 1 aliphatic carbocycles. The Kier molecular flexibility index (Phi) is 4.28. The predicted octanol–water partition coefficient (Wildman–Crippen LogP) is 3.95. The Morgan fingerprint density at radius 2 is 2.19 bits per heavy atom. The molecule has 1 saturated carbocycles. The van der Waals surface area contributed by atoms with Crippen molar-refractivity contribution in [2.24, 2.45) is 0 Å². The van der Waals surface area contributed by atoms with Gasteiger partial charge in [-0.15, -0.1) is 11.6 Å². The molecule has 90 valence electrons. The van der Waals surface area contributed by atoms with E-state index in [4.69, 9.17) is 11.6 Å². The van der Waals surface area contributed by atoms with Gasteiger partial charge in [0.05, 0.1) is 11.7 Å². The van der Waals surface area contributed by atoms with Gasteiger partial charge in [-0.25, -0.2) is 0 Å². The van der Waals surface area contributed by atoms with Crippen LogP contribution in [0.1, 0.15) is 57.2 Å². The number of hydrogen-bond acceptors (Lipinski definition) is 1. The number of nitrogens with zero attached hydrogens (tertiary/aromatic N) is 2. The van der Waals surface area contributed by atoms with Crippen LogP contribution < -0.4 is 0 Å². The van der Waals surface area contributed by atoms with Crippen molar-refractivity contribution in [2.75, 3.05) is 0 Å². The minimum absolute atomic E-state index is 0.250. The van der Waals surface area contributed by atoms with Gasteiger partial charge in [-0.1, -0.05) is 19.3 Å². The second kappa shape index (κ2) is 5.72. The summed E-state index contributed by atoms with van der Waals surface area (Å²) in [6.45, 7) is 2.04. The second-order valence-corrected chi connectivity index (χ2v) is 5.64. The summed E-state index contributed by atoms with van der Waals surface area (Å²) in [6, 6.07) is 2.80. The van der Waals surface area contributed by atoms with Crippen LogP contribution >= 0.6 is 11.6 Å². The number of aryl methyl sites for hydroxylation is 1. The van der Waals surface area contributed by atoms with Gasteiger partial charge < -0.3 is 0 Å². The van der Waals surface area contributed by atoms with E-state index < -0.39 is 0 Å². The second-order valence-electron chi connectivity index (χ2n) is 4.90. The Balaban J connectivity index is 1.90. The zero-order valence-corrected chi connectivity index (χ0v) is 10.8. The van der Waals surface area contributed by atoms with E-state index in [1.165, 1.54) is 37.8 Å². The lowest BCUT2D eigenvalue weighted by atomic mass is 9.96. The molecule has 0 aliphatic heterocycles. The summed E-state index contributed by atoms with van der Waals surface area (Å²) in [5, 5.41) is 4.91. The first-order valence-corrected chi connectivity index (χ1v) is 6.87. The molecule has 1 heterocycles. The topological polar surface area (TPSA) is 17.8 Å². The van der Waals surface area contributed by atoms with E-state index in [9.17, 15) is 0 Å². The van der Waals surface area contributed by atoms with Crippen LogP contribution in [0.2, 0.25) is 0 Å². The van der Waals surface area contributed by atoms with Crippen molar-refractivity contribution >= 4 is 11.6 Å². The molecule has 2 rings (SSSR count). The standard InChI is InChI=1S/C13H21ClN2/c1-11(14)7-8-12-9-10-16(15-12)13-5-3-2-4-6-13/h9-11,13H,2-8H2,1H3. The summed E-state index contributed by atoms with van der Waals surface area (Å²) in [7, 11) is 0. The fraction of sp³-hybridized carbons (Fsp3) is 0.769. The van der Waals surface area contributed by atoms with Gasteiger partial charge >= 0.3 is 0 Å². The molecule has 0 amide bonds. The maximum atomic E-state index is 5.95. The van der Waals surface area contributed by atoms with Crippen molar-refractivity contribution in [3.63, 3.8) is 0 Å². The van der Waals surface area contributed by atoms with Crippen molar-refractivity contribution in [1.82, 2.24) is 9.78 Å². The average molecular weight is 241 g/mol. The summed E-state index contributed by atoms with van der Waals surface area (Å²) < 4.78 is 2.17. The van der Waals surface area contributed by atoms with E-state index >= 15 is 0 Å². The van der Waals surface area contributed by atoms with E-state index in [-0.39, 0.29) is 5.38 Å². The summed E-state index contributed by atoms with van der Waals surface area (Å²) in [6.07, 6.45) is 10.9. The molecular weight excluding hydrogens is 220 g/mol. The number of halogens is 1. The smallest absolute Gasteiger partial charge is 0.0625 e. The molecule has 1 unspecified atom stereocenters. The lowest BCUT2D eigenvalue weighted by molar-refractivity contribution is 0.328. The van der Waals surface area contributed by atoms with Crippen molar-refractivity contribution < 1.29 is 0 Å². The normalized spacial score (nSPS) is 19.9. The lowest BCUT2D eigenvalue weighted by Crippen LogP contribution is -2.13. The van der Waals surface area contributed by atoms with Gasteiger partial charge in [0.15, 0.2) is 0 Å². The molecule has 0 aromatic carbocycles. The molecular formula is C13H21ClN2. The lowest BCUT2D eigenvalue weighted by Gasteiger charge is -2.21. The highest BCUT2D eigenvalue weighted by molar-refractivity contribution is 6.20. The number of alkyl halides is 1. The van der Waals surface area contributed by atoms with Gasteiger partial charge in [0.2, 0.25) is 0 Å². The summed E-state index contributed by atoms with van der Waals surface area (Å²) in [5.74, 6) is 0. The quantitative estimate of drug-likeness (QED) is 0.729. The molecule has 0 saturated heterocycles. The largest absolute Gasteiger partial charge is 0.269 e. The van der Waals surface area contributed by atoms with Crippen LogP contribution in [0.5, 0.6) is 0 Å². The van der Waals surface area contributed by atoms with Gasteiger partial charge in [-0.2, -0.15) is 5.10 Å². The number of aromatic nitrogens is 2. The van der Waals surface area contributed by atoms with Crippen LogP contribution in [0.15, 0.2) is 12.3 Å². The average Bonchev–Trinajstić information content (AvgIpc) is 2.76. The monoisotopic (exact) mass is 240 g/mol. The van der Waals surface area contributed by atoms with E-state index in [1.807, 2.05) is 6.92 Å². The molecule has 1 aromatic heterocycles. The minimum Gasteiger partial charge on any atom is -0.269 e. The first kappa shape index (κ1) is 12.0. The van der Waals surface area contributed by atoms with E-state index in [0.29, 0.717) is 6.04 Å². The highest BCUT2D eigenvalue weighted by Gasteiger charge is 2.15. The van der Waals surface area contributed by atoms with Gasteiger partial charge in [-0.3, -0.25) is 4.68 Å². The zero-order chi connectivity index (χ0) is 11.4. The van der Waals surface area contributed by atoms with Gasteiger partial charge in [-0.05, 0) is 38.7 Å². The van der Waals surface area contributed by atoms with Crippen molar-refractivity contribution in [2.45, 2.75) is 63.3 Å². The Labute approximate surface area is 103 Å². The zero-order valence-electron chi connectivity index (χ0n) is 10.0. The summed E-state index contributed by atoms with van der Waals surface area (Å²) in [4.78, 5) is 0. The van der Waals surface area contributed by atoms with Crippen LogP contribution in [0.3, 0.4) is 0 Å². The molecule has 1 fully saturated rings. The number of hydrogen-bond donors (Lipinski definition) is 0. The van der Waals surface area contributed by atoms with Crippen LogP contribution in [-0.4, -0.2) is 15.2 Å². The highest BCUT2D eigenvalue weighted by Crippen LogP contribution is 2.27. The molecule has 1 atom stereocenters. The third-order valence-electron chi connectivity index (χ3n) is 3.41. The Morgan fingerprint density at radius 1 is 1.44 bits per heavy atom. The first-order valence-electron chi connectivity index (χ1n) is 6.44. The van der Waals surface area contributed by atoms with Crippen LogP contribution in [-0.2, 0) is 6.42 Å². The van der Waals surface area contributed by atoms with Gasteiger partial charge in [0, 0.05) is 11.6 Å². The minimum atomic E-state index is 0.250. The highest BCUT2D eigenvalue weighted by atomic mass is 35.5. The molecule has 1 aliphatic rings. The fourth-order valence-electron chi connectivity index (χ4n) is 2.41. The van der Waals surface area contributed by atoms with E-state index in [2.05, 4.69) is 22.0 Å². The molecule has 1 aromatic rings. The summed E-state index contributed by atoms with van der Waals surface area (Å²) >= 11 is 5.95. The molecule has 16 heavy (non-hydrogen) atoms. The van der Waals surface area contributed by atoms with Crippen molar-refractivity contribution in [3.05, 3.63) is 18.0 Å². The summed E-state index contributed by atoms with van der Waals surface area (Å²) in [5.41, 5.74) is 1.19. The van der Waals surface area contributed by atoms with Crippen LogP contribution in [0, 0.1) is 0 Å². The molecule has 0 N–H and O–H groups in total. The SMILES string of the molecule is CC(Cl)CCc1ccn(C2CCCCC2)n1. The Hall–Kier alpha value is -0.500. The van der Waals surface area contributed by atoms with Crippen molar-refractivity contribution in [3.8, 4) is 0 Å². The Bertz CT molecular complexity index is 313. The third-order valence-corrected chi connectivity index (χ3v) is 3.63. The maximum absolute atomic E-state index is 5.95. The van der Waals surface area contributed by atoms with Crippen LogP contribution in [0.4, 0.5) is 0 Å². The number of rotatable bonds is 4. The first-order chi connectivity index (χ1) is 7.75. The Morgan fingerprint density at radius 3 is 2.88 bits per heavy atom. The van der Waals surface area contributed by atoms with Crippen LogP contribution in [0.25, 0.3) is 0 Å². The van der Waals surface area contributed by atoms with E-state index in [0.717, 1.165) is 12.8 Å². The molecule has 3 heteroatoms. The molecule has 2 nitrogen and oxygen atoms in total. The van der Waals surface area contributed by atoms with Gasteiger partial charge in [0.25, 0.3) is 0 Å². The molecule has 0 spiro atoms. The van der Waals surface area contributed by atoms with E-state index in [1.54, 1.807) is 0 Å². The fourth-order valence-corrected chi connectivity index (χ4v) is 2.52. The maximum Gasteiger partial charge on any atom is 0.0625 e. The molecule has 0 bridgehead atoms.